The van der Waals surface area contributed by atoms with Crippen molar-refractivity contribution in [3.8, 4) is 5.75 Å². The van der Waals surface area contributed by atoms with Crippen molar-refractivity contribution in [2.75, 3.05) is 11.9 Å². The smallest absolute Gasteiger partial charge is 0.335 e. The lowest BCUT2D eigenvalue weighted by atomic mass is 10.0. The number of aromatic nitrogens is 1. The van der Waals surface area contributed by atoms with Gasteiger partial charge in [-0.3, -0.25) is 9.78 Å². The van der Waals surface area contributed by atoms with E-state index in [2.05, 4.69) is 4.98 Å². The number of ether oxygens (including phenoxy) is 1. The minimum Gasteiger partial charge on any atom is -0.489 e. The summed E-state index contributed by atoms with van der Waals surface area (Å²) >= 11 is 5.95. The van der Waals surface area contributed by atoms with E-state index in [9.17, 15) is 19.1 Å². The lowest BCUT2D eigenvalue weighted by Crippen LogP contribution is -2.11. The molecular weight excluding hydrogens is 471 g/mol. The van der Waals surface area contributed by atoms with Crippen LogP contribution in [0.4, 0.5) is 15.8 Å². The Kier molecular flexibility index (Phi) is 7.08. The maximum Gasteiger partial charge on any atom is 0.335 e. The largest absolute Gasteiger partial charge is 0.489 e. The van der Waals surface area contributed by atoms with Gasteiger partial charge in [0.15, 0.2) is 0 Å². The molecule has 1 aromatic heterocycles. The van der Waals surface area contributed by atoms with Gasteiger partial charge in [0.05, 0.1) is 17.4 Å². The predicted molar refractivity (Wildman–Crippen MR) is 131 cm³/mol. The summed E-state index contributed by atoms with van der Waals surface area (Å²) in [7, 11) is 1.86. The van der Waals surface area contributed by atoms with Crippen LogP contribution in [-0.2, 0) is 6.61 Å². The number of aromatic carboxylic acids is 1. The zero-order valence-corrected chi connectivity index (χ0v) is 19.4. The molecule has 0 amide bonds. The van der Waals surface area contributed by atoms with Crippen LogP contribution in [0, 0.1) is 5.82 Å². The number of carbonyl (C=O) groups excluding carboxylic acids is 1. The number of ketones is 1. The Morgan fingerprint density at radius 3 is 2.34 bits per heavy atom. The SMILES string of the molecule is CN(c1ccc(Cl)cc1)c1ccc(C(=O)c2cc(OCc3cccc(F)c3)cc(C(=O)O)c2)nc1. The Balaban J connectivity index is 1.55. The van der Waals surface area contributed by atoms with Gasteiger partial charge in [-0.25, -0.2) is 9.18 Å². The molecule has 0 bridgehead atoms. The van der Waals surface area contributed by atoms with Gasteiger partial charge in [-0.2, -0.15) is 0 Å². The Hall–Kier alpha value is -4.23. The topological polar surface area (TPSA) is 79.7 Å². The van der Waals surface area contributed by atoms with Crippen molar-refractivity contribution in [3.63, 3.8) is 0 Å². The van der Waals surface area contributed by atoms with Gasteiger partial charge >= 0.3 is 5.97 Å². The van der Waals surface area contributed by atoms with Gasteiger partial charge in [0.2, 0.25) is 5.78 Å². The molecule has 1 N–H and O–H groups in total. The molecule has 1 heterocycles. The third-order valence-electron chi connectivity index (χ3n) is 5.29. The van der Waals surface area contributed by atoms with Gasteiger partial charge in [-0.1, -0.05) is 23.7 Å². The minimum absolute atomic E-state index is 0.0123. The first kappa shape index (κ1) is 23.9. The quantitative estimate of drug-likeness (QED) is 0.298. The second-order valence-electron chi connectivity index (χ2n) is 7.74. The van der Waals surface area contributed by atoms with E-state index in [1.54, 1.807) is 42.6 Å². The van der Waals surface area contributed by atoms with Crippen LogP contribution in [0.15, 0.2) is 85.1 Å². The van der Waals surface area contributed by atoms with Gasteiger partial charge in [0.25, 0.3) is 0 Å². The minimum atomic E-state index is -1.21. The highest BCUT2D eigenvalue weighted by molar-refractivity contribution is 6.30. The van der Waals surface area contributed by atoms with Crippen LogP contribution in [0.2, 0.25) is 5.02 Å². The van der Waals surface area contributed by atoms with E-state index < -0.39 is 17.6 Å². The number of nitrogens with zero attached hydrogens (tertiary/aromatic N) is 2. The Morgan fingerprint density at radius 1 is 0.971 bits per heavy atom. The highest BCUT2D eigenvalue weighted by Gasteiger charge is 2.17. The van der Waals surface area contributed by atoms with Crippen molar-refractivity contribution in [1.29, 1.82) is 0 Å². The average molecular weight is 491 g/mol. The van der Waals surface area contributed by atoms with Crippen LogP contribution in [-0.4, -0.2) is 28.9 Å². The molecule has 176 valence electrons. The first-order valence-electron chi connectivity index (χ1n) is 10.6. The number of carboxylic acid groups (broad SMARTS) is 1. The van der Waals surface area contributed by atoms with E-state index >= 15 is 0 Å². The lowest BCUT2D eigenvalue weighted by Gasteiger charge is -2.19. The maximum atomic E-state index is 13.4. The van der Waals surface area contributed by atoms with Gasteiger partial charge < -0.3 is 14.7 Å². The van der Waals surface area contributed by atoms with E-state index in [1.807, 2.05) is 24.1 Å². The molecule has 4 rings (SSSR count). The summed E-state index contributed by atoms with van der Waals surface area (Å²) in [5.74, 6) is -1.89. The van der Waals surface area contributed by atoms with Crippen molar-refractivity contribution in [3.05, 3.63) is 118 Å². The molecule has 35 heavy (non-hydrogen) atoms. The van der Waals surface area contributed by atoms with Crippen LogP contribution < -0.4 is 9.64 Å². The van der Waals surface area contributed by atoms with Gasteiger partial charge in [0.1, 0.15) is 23.9 Å². The van der Waals surface area contributed by atoms with E-state index in [-0.39, 0.29) is 29.2 Å². The summed E-state index contributed by atoms with van der Waals surface area (Å²) < 4.78 is 19.1. The van der Waals surface area contributed by atoms with E-state index in [4.69, 9.17) is 16.3 Å². The number of hydrogen-bond acceptors (Lipinski definition) is 5. The summed E-state index contributed by atoms with van der Waals surface area (Å²) in [6, 6.07) is 20.5. The molecule has 0 radical (unpaired) electrons. The summed E-state index contributed by atoms with van der Waals surface area (Å²) in [5.41, 5.74) is 2.37. The molecule has 8 heteroatoms. The predicted octanol–water partition coefficient (Wildman–Crippen LogP) is 6.15. The van der Waals surface area contributed by atoms with Crippen LogP contribution in [0.5, 0.6) is 5.75 Å². The van der Waals surface area contributed by atoms with E-state index in [0.717, 1.165) is 11.4 Å². The number of carbonyl (C=O) groups is 2. The summed E-state index contributed by atoms with van der Waals surface area (Å²) in [4.78, 5) is 30.9. The molecule has 0 fully saturated rings. The third-order valence-corrected chi connectivity index (χ3v) is 5.54. The number of pyridine rings is 1. The number of anilines is 2. The third kappa shape index (κ3) is 5.83. The number of hydrogen-bond donors (Lipinski definition) is 1. The molecule has 0 aliphatic carbocycles. The first-order chi connectivity index (χ1) is 16.8. The summed E-state index contributed by atoms with van der Waals surface area (Å²) in [6.45, 7) is 0.0123. The van der Waals surface area contributed by atoms with Crippen molar-refractivity contribution >= 4 is 34.7 Å². The fraction of sp³-hybridized carbons (Fsp3) is 0.0741. The molecule has 6 nitrogen and oxygen atoms in total. The molecule has 0 aliphatic heterocycles. The standard InChI is InChI=1S/C27H20ClFN2O4/c1-31(22-7-5-20(28)6-8-22)23-9-10-25(30-15-23)26(32)18-12-19(27(33)34)14-24(13-18)35-16-17-3-2-4-21(29)11-17/h2-15H,16H2,1H3,(H,33,34). The highest BCUT2D eigenvalue weighted by Crippen LogP contribution is 2.26. The van der Waals surface area contributed by atoms with Gasteiger partial charge in [-0.05, 0) is 72.3 Å². The number of benzene rings is 3. The summed E-state index contributed by atoms with van der Waals surface area (Å²) in [5, 5.41) is 10.1. The second-order valence-corrected chi connectivity index (χ2v) is 8.17. The zero-order chi connectivity index (χ0) is 24.9. The molecule has 4 aromatic rings. The molecule has 0 saturated carbocycles. The molecule has 0 atom stereocenters. The van der Waals surface area contributed by atoms with Crippen molar-refractivity contribution in [1.82, 2.24) is 4.98 Å². The lowest BCUT2D eigenvalue weighted by molar-refractivity contribution is 0.0696. The van der Waals surface area contributed by atoms with Crippen LogP contribution >= 0.6 is 11.6 Å². The van der Waals surface area contributed by atoms with E-state index in [1.165, 1.54) is 30.3 Å². The van der Waals surface area contributed by atoms with Crippen LogP contribution in [0.25, 0.3) is 0 Å². The average Bonchev–Trinajstić information content (AvgIpc) is 2.87. The second kappa shape index (κ2) is 10.4. The summed E-state index contributed by atoms with van der Waals surface area (Å²) in [6.07, 6.45) is 1.56. The molecule has 0 spiro atoms. The Morgan fingerprint density at radius 2 is 1.69 bits per heavy atom. The van der Waals surface area contributed by atoms with Crippen LogP contribution in [0.3, 0.4) is 0 Å². The molecule has 3 aromatic carbocycles. The molecule has 0 unspecified atom stereocenters. The Bertz CT molecular complexity index is 1380. The van der Waals surface area contributed by atoms with Crippen molar-refractivity contribution < 1.29 is 23.8 Å². The van der Waals surface area contributed by atoms with Crippen molar-refractivity contribution in [2.24, 2.45) is 0 Å². The number of rotatable bonds is 8. The highest BCUT2D eigenvalue weighted by atomic mass is 35.5. The monoisotopic (exact) mass is 490 g/mol. The number of carboxylic acids is 1. The Labute approximate surface area is 206 Å². The van der Waals surface area contributed by atoms with E-state index in [0.29, 0.717) is 10.6 Å². The molecular formula is C27H20ClFN2O4. The maximum absolute atomic E-state index is 13.4. The number of halogens is 2. The fourth-order valence-electron chi connectivity index (χ4n) is 3.41. The normalized spacial score (nSPS) is 10.6. The van der Waals surface area contributed by atoms with Crippen molar-refractivity contribution in [2.45, 2.75) is 6.61 Å². The van der Waals surface area contributed by atoms with Gasteiger partial charge in [0, 0.05) is 23.3 Å². The van der Waals surface area contributed by atoms with Crippen LogP contribution in [0.1, 0.15) is 32.0 Å². The fourth-order valence-corrected chi connectivity index (χ4v) is 3.54. The molecule has 0 saturated heterocycles. The first-order valence-corrected chi connectivity index (χ1v) is 10.9. The molecule has 0 aliphatic rings. The van der Waals surface area contributed by atoms with Gasteiger partial charge in [-0.15, -0.1) is 0 Å². The zero-order valence-electron chi connectivity index (χ0n) is 18.6.